The smallest absolute Gasteiger partial charge is 0.194 e. The van der Waals surface area contributed by atoms with Crippen molar-refractivity contribution in [3.8, 4) is 0 Å². The normalized spacial score (nSPS) is 11.0. The van der Waals surface area contributed by atoms with Crippen LogP contribution in [0.1, 0.15) is 76.7 Å². The van der Waals surface area contributed by atoms with E-state index in [0.717, 1.165) is 5.88 Å². The van der Waals surface area contributed by atoms with E-state index in [0.29, 0.717) is 0 Å². The number of pyridine rings is 1. The standard InChI is InChI=1S/C19H34NS/c1-3-4-5-6-7-8-9-10-11-12-16-21-18-20-15-13-14-19(2)17-20/h13-15,17H,3-12,16,18H2,1-2H3/q+1. The molecule has 0 atom stereocenters. The van der Waals surface area contributed by atoms with Gasteiger partial charge in [0.1, 0.15) is 0 Å². The Morgan fingerprint density at radius 2 is 1.52 bits per heavy atom. The minimum absolute atomic E-state index is 1.10. The van der Waals surface area contributed by atoms with Gasteiger partial charge in [-0.15, -0.1) is 0 Å². The first kappa shape index (κ1) is 18.5. The van der Waals surface area contributed by atoms with Crippen molar-refractivity contribution in [3.05, 3.63) is 30.1 Å². The summed E-state index contributed by atoms with van der Waals surface area (Å²) in [5, 5.41) is 0. The first-order valence-electron chi connectivity index (χ1n) is 8.86. The highest BCUT2D eigenvalue weighted by molar-refractivity contribution is 7.98. The molecule has 0 aliphatic carbocycles. The lowest BCUT2D eigenvalue weighted by Gasteiger charge is -2.02. The van der Waals surface area contributed by atoms with Crippen LogP contribution in [0.3, 0.4) is 0 Å². The Balaban J connectivity index is 1.82. The Morgan fingerprint density at radius 1 is 0.905 bits per heavy atom. The van der Waals surface area contributed by atoms with Gasteiger partial charge in [0.15, 0.2) is 18.3 Å². The minimum atomic E-state index is 1.10. The fraction of sp³-hybridized carbons (Fsp3) is 0.737. The van der Waals surface area contributed by atoms with Crippen molar-refractivity contribution < 1.29 is 4.57 Å². The SMILES string of the molecule is CCCCCCCCCCCCSC[n+]1cccc(C)c1. The Morgan fingerprint density at radius 3 is 2.14 bits per heavy atom. The lowest BCUT2D eigenvalue weighted by Crippen LogP contribution is -2.31. The van der Waals surface area contributed by atoms with Gasteiger partial charge in [0.2, 0.25) is 0 Å². The average molecular weight is 309 g/mol. The van der Waals surface area contributed by atoms with Gasteiger partial charge in [-0.05, 0) is 25.2 Å². The second kappa shape index (κ2) is 13.2. The van der Waals surface area contributed by atoms with Gasteiger partial charge in [0, 0.05) is 11.6 Å². The van der Waals surface area contributed by atoms with E-state index in [4.69, 9.17) is 0 Å². The lowest BCUT2D eigenvalue weighted by molar-refractivity contribution is -0.676. The summed E-state index contributed by atoms with van der Waals surface area (Å²) in [5.74, 6) is 2.40. The minimum Gasteiger partial charge on any atom is -0.195 e. The predicted molar refractivity (Wildman–Crippen MR) is 95.7 cm³/mol. The molecule has 1 heterocycles. The van der Waals surface area contributed by atoms with Gasteiger partial charge < -0.3 is 0 Å². The Labute approximate surface area is 136 Å². The highest BCUT2D eigenvalue weighted by Crippen LogP contribution is 2.12. The Hall–Kier alpha value is -0.500. The zero-order valence-electron chi connectivity index (χ0n) is 14.2. The summed E-state index contributed by atoms with van der Waals surface area (Å²) in [6.07, 6.45) is 18.7. The zero-order chi connectivity index (χ0) is 15.2. The van der Waals surface area contributed by atoms with Crippen LogP contribution >= 0.6 is 11.8 Å². The molecule has 0 aliphatic rings. The third-order valence-corrected chi connectivity index (χ3v) is 4.95. The van der Waals surface area contributed by atoms with E-state index in [1.165, 1.54) is 75.5 Å². The quantitative estimate of drug-likeness (QED) is 0.324. The van der Waals surface area contributed by atoms with Gasteiger partial charge in [-0.2, -0.15) is 4.57 Å². The van der Waals surface area contributed by atoms with Gasteiger partial charge in [0.05, 0.1) is 0 Å². The van der Waals surface area contributed by atoms with Crippen LogP contribution in [0.5, 0.6) is 0 Å². The zero-order valence-corrected chi connectivity index (χ0v) is 15.0. The predicted octanol–water partition coefficient (Wildman–Crippen LogP) is 5.89. The molecule has 1 aromatic rings. The number of nitrogens with zero attached hydrogens (tertiary/aromatic N) is 1. The van der Waals surface area contributed by atoms with Gasteiger partial charge in [0.25, 0.3) is 0 Å². The third-order valence-electron chi connectivity index (χ3n) is 3.89. The van der Waals surface area contributed by atoms with Crippen molar-refractivity contribution in [1.29, 1.82) is 0 Å². The van der Waals surface area contributed by atoms with Crippen LogP contribution in [0.25, 0.3) is 0 Å². The molecule has 0 amide bonds. The summed E-state index contributed by atoms with van der Waals surface area (Å²) in [6, 6.07) is 4.29. The molecule has 1 aromatic heterocycles. The van der Waals surface area contributed by atoms with E-state index in [9.17, 15) is 0 Å². The largest absolute Gasteiger partial charge is 0.195 e. The van der Waals surface area contributed by atoms with Crippen LogP contribution in [-0.4, -0.2) is 5.75 Å². The molecule has 0 unspecified atom stereocenters. The summed E-state index contributed by atoms with van der Waals surface area (Å²) < 4.78 is 2.29. The second-order valence-electron chi connectivity index (χ2n) is 6.11. The van der Waals surface area contributed by atoms with E-state index in [1.807, 2.05) is 0 Å². The number of unbranched alkanes of at least 4 members (excludes halogenated alkanes) is 9. The molecule has 0 aliphatic heterocycles. The maximum atomic E-state index is 2.29. The first-order valence-corrected chi connectivity index (χ1v) is 10.0. The topological polar surface area (TPSA) is 3.88 Å². The molecule has 0 bridgehead atoms. The molecule has 1 nitrogen and oxygen atoms in total. The molecule has 2 heteroatoms. The van der Waals surface area contributed by atoms with Crippen molar-refractivity contribution in [1.82, 2.24) is 0 Å². The third kappa shape index (κ3) is 10.8. The fourth-order valence-electron chi connectivity index (χ4n) is 2.59. The van der Waals surface area contributed by atoms with Crippen LogP contribution in [-0.2, 0) is 5.88 Å². The van der Waals surface area contributed by atoms with Crippen molar-refractivity contribution in [2.24, 2.45) is 0 Å². The molecule has 0 aromatic carbocycles. The summed E-state index contributed by atoms with van der Waals surface area (Å²) >= 11 is 2.06. The van der Waals surface area contributed by atoms with E-state index in [1.54, 1.807) is 0 Å². The second-order valence-corrected chi connectivity index (χ2v) is 7.19. The first-order chi connectivity index (χ1) is 10.3. The number of hydrogen-bond acceptors (Lipinski definition) is 1. The van der Waals surface area contributed by atoms with Gasteiger partial charge in [-0.3, -0.25) is 0 Å². The van der Waals surface area contributed by atoms with Crippen molar-refractivity contribution in [2.45, 2.75) is 83.9 Å². The molecule has 21 heavy (non-hydrogen) atoms. The maximum Gasteiger partial charge on any atom is 0.194 e. The summed E-state index contributed by atoms with van der Waals surface area (Å²) in [7, 11) is 0. The number of rotatable bonds is 13. The van der Waals surface area contributed by atoms with Crippen molar-refractivity contribution >= 4 is 11.8 Å². The maximum absolute atomic E-state index is 2.29. The van der Waals surface area contributed by atoms with Crippen LogP contribution in [0, 0.1) is 6.92 Å². The van der Waals surface area contributed by atoms with Crippen LogP contribution in [0.2, 0.25) is 0 Å². The number of thioether (sulfide) groups is 1. The van der Waals surface area contributed by atoms with Gasteiger partial charge in [-0.25, -0.2) is 0 Å². The number of hydrogen-bond donors (Lipinski definition) is 0. The van der Waals surface area contributed by atoms with Crippen LogP contribution in [0.15, 0.2) is 24.5 Å². The number of aryl methyl sites for hydroxylation is 1. The molecular formula is C19H34NS+. The highest BCUT2D eigenvalue weighted by atomic mass is 32.2. The molecule has 0 fully saturated rings. The molecule has 1 rings (SSSR count). The van der Waals surface area contributed by atoms with Crippen molar-refractivity contribution in [3.63, 3.8) is 0 Å². The lowest BCUT2D eigenvalue weighted by atomic mass is 10.1. The summed E-state index contributed by atoms with van der Waals surface area (Å²) in [6.45, 7) is 4.44. The van der Waals surface area contributed by atoms with Crippen molar-refractivity contribution in [2.75, 3.05) is 5.75 Å². The molecule has 120 valence electrons. The monoisotopic (exact) mass is 308 g/mol. The number of aromatic nitrogens is 1. The molecule has 0 saturated heterocycles. The van der Waals surface area contributed by atoms with Crippen LogP contribution < -0.4 is 4.57 Å². The van der Waals surface area contributed by atoms with Gasteiger partial charge in [-0.1, -0.05) is 76.5 Å². The van der Waals surface area contributed by atoms with Gasteiger partial charge >= 0.3 is 0 Å². The summed E-state index contributed by atoms with van der Waals surface area (Å²) in [5.41, 5.74) is 1.34. The van der Waals surface area contributed by atoms with E-state index in [2.05, 4.69) is 54.7 Å². The summed E-state index contributed by atoms with van der Waals surface area (Å²) in [4.78, 5) is 0. The Kier molecular flexibility index (Phi) is 11.6. The van der Waals surface area contributed by atoms with E-state index < -0.39 is 0 Å². The average Bonchev–Trinajstić information content (AvgIpc) is 2.48. The molecule has 0 radical (unpaired) electrons. The van der Waals surface area contributed by atoms with Crippen LogP contribution in [0.4, 0.5) is 0 Å². The molecular weight excluding hydrogens is 274 g/mol. The van der Waals surface area contributed by atoms with E-state index in [-0.39, 0.29) is 0 Å². The fourth-order valence-corrected chi connectivity index (χ4v) is 3.50. The molecule has 0 N–H and O–H groups in total. The molecule has 0 spiro atoms. The Bertz CT molecular complexity index is 351. The highest BCUT2D eigenvalue weighted by Gasteiger charge is 2.00. The van der Waals surface area contributed by atoms with E-state index >= 15 is 0 Å². The molecule has 0 saturated carbocycles.